The molecular formula is C21H20O6. The minimum Gasteiger partial charge on any atom is -0.482 e. The third-order valence-corrected chi connectivity index (χ3v) is 3.95. The Morgan fingerprint density at radius 1 is 1.07 bits per heavy atom. The van der Waals surface area contributed by atoms with Crippen molar-refractivity contribution in [2.45, 2.75) is 20.3 Å². The number of carbonyl (C=O) groups excluding carboxylic acids is 1. The average molecular weight is 368 g/mol. The molecule has 0 aliphatic rings. The van der Waals surface area contributed by atoms with Gasteiger partial charge in [0.05, 0.1) is 12.0 Å². The third kappa shape index (κ3) is 4.28. The van der Waals surface area contributed by atoms with E-state index in [-0.39, 0.29) is 17.8 Å². The summed E-state index contributed by atoms with van der Waals surface area (Å²) in [4.78, 5) is 24.1. The molecular weight excluding hydrogens is 348 g/mol. The molecule has 0 bridgehead atoms. The average Bonchev–Trinajstić information content (AvgIpc) is 2.69. The molecule has 6 nitrogen and oxygen atoms in total. The highest BCUT2D eigenvalue weighted by Crippen LogP contribution is 2.26. The standard InChI is InChI=1S/C21H20O6/c1-3-14-7-5-6-8-17(14)27-19-12-26-18-11-15(9-10-16(18)21(19)23)25-13-20(22)24-4-2/h5-12H,3-4,13H2,1-2H3. The lowest BCUT2D eigenvalue weighted by molar-refractivity contribution is -0.145. The second-order valence-electron chi connectivity index (χ2n) is 5.74. The van der Waals surface area contributed by atoms with E-state index < -0.39 is 5.97 Å². The van der Waals surface area contributed by atoms with Crippen molar-refractivity contribution in [2.75, 3.05) is 13.2 Å². The molecule has 3 aromatic rings. The van der Waals surface area contributed by atoms with Gasteiger partial charge in [-0.05, 0) is 37.1 Å². The summed E-state index contributed by atoms with van der Waals surface area (Å²) < 4.78 is 21.5. The van der Waals surface area contributed by atoms with Crippen LogP contribution in [0.2, 0.25) is 0 Å². The molecule has 6 heteroatoms. The van der Waals surface area contributed by atoms with E-state index in [0.29, 0.717) is 29.1 Å². The first kappa shape index (κ1) is 18.5. The van der Waals surface area contributed by atoms with Crippen LogP contribution in [-0.2, 0) is 16.0 Å². The second kappa shape index (κ2) is 8.40. The van der Waals surface area contributed by atoms with Crippen molar-refractivity contribution >= 4 is 16.9 Å². The summed E-state index contributed by atoms with van der Waals surface area (Å²) in [6, 6.07) is 12.3. The number of hydrogen-bond acceptors (Lipinski definition) is 6. The van der Waals surface area contributed by atoms with Crippen molar-refractivity contribution in [1.29, 1.82) is 0 Å². The zero-order valence-electron chi connectivity index (χ0n) is 15.2. The lowest BCUT2D eigenvalue weighted by Gasteiger charge is -2.10. The van der Waals surface area contributed by atoms with Crippen molar-refractivity contribution in [3.05, 3.63) is 64.5 Å². The monoisotopic (exact) mass is 368 g/mol. The van der Waals surface area contributed by atoms with E-state index in [1.165, 1.54) is 6.26 Å². The molecule has 0 amide bonds. The molecule has 0 N–H and O–H groups in total. The molecule has 0 fully saturated rings. The number of aryl methyl sites for hydroxylation is 1. The Hall–Kier alpha value is -3.28. The largest absolute Gasteiger partial charge is 0.482 e. The second-order valence-corrected chi connectivity index (χ2v) is 5.74. The first-order valence-corrected chi connectivity index (χ1v) is 8.72. The summed E-state index contributed by atoms with van der Waals surface area (Å²) in [5.41, 5.74) is 1.07. The number of fused-ring (bicyclic) bond motifs is 1. The number of rotatable bonds is 7. The maximum absolute atomic E-state index is 12.7. The molecule has 0 radical (unpaired) electrons. The summed E-state index contributed by atoms with van der Waals surface area (Å²) in [5.74, 6) is 0.686. The van der Waals surface area contributed by atoms with Crippen molar-refractivity contribution < 1.29 is 23.4 Å². The van der Waals surface area contributed by atoms with Crippen LogP contribution in [0.25, 0.3) is 11.0 Å². The number of ether oxygens (including phenoxy) is 3. The Labute approximate surface area is 156 Å². The van der Waals surface area contributed by atoms with Gasteiger partial charge in [0, 0.05) is 6.07 Å². The molecule has 140 valence electrons. The van der Waals surface area contributed by atoms with Crippen LogP contribution < -0.4 is 14.9 Å². The van der Waals surface area contributed by atoms with Crippen molar-refractivity contribution in [1.82, 2.24) is 0 Å². The fourth-order valence-electron chi connectivity index (χ4n) is 2.61. The number of esters is 1. The Morgan fingerprint density at radius 2 is 1.89 bits per heavy atom. The van der Waals surface area contributed by atoms with Gasteiger partial charge in [-0.2, -0.15) is 0 Å². The predicted octanol–water partition coefficient (Wildman–Crippen LogP) is 4.09. The number of carbonyl (C=O) groups is 1. The fourth-order valence-corrected chi connectivity index (χ4v) is 2.61. The van der Waals surface area contributed by atoms with Crippen LogP contribution >= 0.6 is 0 Å². The topological polar surface area (TPSA) is 75.0 Å². The molecule has 1 heterocycles. The van der Waals surface area contributed by atoms with Crippen LogP contribution in [-0.4, -0.2) is 19.2 Å². The summed E-state index contributed by atoms with van der Waals surface area (Å²) in [7, 11) is 0. The van der Waals surface area contributed by atoms with Crippen molar-refractivity contribution in [2.24, 2.45) is 0 Å². The Bertz CT molecular complexity index is 1000. The van der Waals surface area contributed by atoms with E-state index in [9.17, 15) is 9.59 Å². The van der Waals surface area contributed by atoms with Gasteiger partial charge in [0.25, 0.3) is 0 Å². The first-order valence-electron chi connectivity index (χ1n) is 8.72. The number of hydrogen-bond donors (Lipinski definition) is 0. The Morgan fingerprint density at radius 3 is 2.67 bits per heavy atom. The molecule has 0 unspecified atom stereocenters. The molecule has 0 spiro atoms. The zero-order chi connectivity index (χ0) is 19.2. The van der Waals surface area contributed by atoms with Gasteiger partial charge >= 0.3 is 5.97 Å². The molecule has 0 atom stereocenters. The highest BCUT2D eigenvalue weighted by atomic mass is 16.6. The van der Waals surface area contributed by atoms with E-state index in [2.05, 4.69) is 0 Å². The highest BCUT2D eigenvalue weighted by Gasteiger charge is 2.12. The molecule has 0 aliphatic carbocycles. The quantitative estimate of drug-likeness (QED) is 0.585. The minimum absolute atomic E-state index is 0.114. The molecule has 1 aromatic heterocycles. The molecule has 27 heavy (non-hydrogen) atoms. The smallest absolute Gasteiger partial charge is 0.344 e. The van der Waals surface area contributed by atoms with Gasteiger partial charge < -0.3 is 18.6 Å². The van der Waals surface area contributed by atoms with Crippen LogP contribution in [0.3, 0.4) is 0 Å². The summed E-state index contributed by atoms with van der Waals surface area (Å²) in [6.07, 6.45) is 2.07. The highest BCUT2D eigenvalue weighted by molar-refractivity contribution is 5.79. The third-order valence-electron chi connectivity index (χ3n) is 3.95. The van der Waals surface area contributed by atoms with Gasteiger partial charge in [-0.25, -0.2) is 4.79 Å². The Balaban J connectivity index is 1.84. The molecule has 3 rings (SSSR count). The number of benzene rings is 2. The van der Waals surface area contributed by atoms with E-state index in [1.54, 1.807) is 25.1 Å². The van der Waals surface area contributed by atoms with E-state index >= 15 is 0 Å². The Kier molecular flexibility index (Phi) is 5.76. The predicted molar refractivity (Wildman–Crippen MR) is 101 cm³/mol. The number of para-hydroxylation sites is 1. The van der Waals surface area contributed by atoms with Gasteiger partial charge in [-0.15, -0.1) is 0 Å². The van der Waals surface area contributed by atoms with Crippen molar-refractivity contribution in [3.8, 4) is 17.2 Å². The lowest BCUT2D eigenvalue weighted by atomic mass is 10.1. The van der Waals surface area contributed by atoms with Gasteiger partial charge in [0.1, 0.15) is 23.3 Å². The van der Waals surface area contributed by atoms with E-state index in [4.69, 9.17) is 18.6 Å². The van der Waals surface area contributed by atoms with Gasteiger partial charge in [-0.3, -0.25) is 4.79 Å². The summed E-state index contributed by atoms with van der Waals surface area (Å²) in [6.45, 7) is 3.82. The molecule has 0 saturated heterocycles. The maximum Gasteiger partial charge on any atom is 0.344 e. The molecule has 2 aromatic carbocycles. The van der Waals surface area contributed by atoms with Crippen LogP contribution in [0, 0.1) is 0 Å². The lowest BCUT2D eigenvalue weighted by Crippen LogP contribution is -2.14. The van der Waals surface area contributed by atoms with Crippen LogP contribution in [0.15, 0.2) is 57.9 Å². The minimum atomic E-state index is -0.461. The van der Waals surface area contributed by atoms with Gasteiger partial charge in [0.2, 0.25) is 11.2 Å². The first-order chi connectivity index (χ1) is 13.1. The van der Waals surface area contributed by atoms with Crippen LogP contribution in [0.1, 0.15) is 19.4 Å². The van der Waals surface area contributed by atoms with Crippen LogP contribution in [0.5, 0.6) is 17.2 Å². The summed E-state index contributed by atoms with van der Waals surface area (Å²) in [5, 5.41) is 0.366. The van der Waals surface area contributed by atoms with E-state index in [1.807, 2.05) is 31.2 Å². The maximum atomic E-state index is 12.7. The summed E-state index contributed by atoms with van der Waals surface area (Å²) >= 11 is 0. The molecule has 0 aliphatic heterocycles. The van der Waals surface area contributed by atoms with Crippen molar-refractivity contribution in [3.63, 3.8) is 0 Å². The normalized spacial score (nSPS) is 10.6. The SMILES string of the molecule is CCOC(=O)COc1ccc2c(=O)c(Oc3ccccc3CC)coc2c1. The van der Waals surface area contributed by atoms with Gasteiger partial charge in [0.15, 0.2) is 6.61 Å². The fraction of sp³-hybridized carbons (Fsp3) is 0.238. The molecule has 0 saturated carbocycles. The van der Waals surface area contributed by atoms with Gasteiger partial charge in [-0.1, -0.05) is 25.1 Å². The zero-order valence-corrected chi connectivity index (χ0v) is 15.2. The van der Waals surface area contributed by atoms with Crippen LogP contribution in [0.4, 0.5) is 0 Å². The van der Waals surface area contributed by atoms with E-state index in [0.717, 1.165) is 12.0 Å².